The summed E-state index contributed by atoms with van der Waals surface area (Å²) in [6, 6.07) is 7.71. The normalized spacial score (nSPS) is 18.3. The molecule has 2 amide bonds. The third kappa shape index (κ3) is 7.73. The van der Waals surface area contributed by atoms with Crippen molar-refractivity contribution in [1.82, 2.24) is 10.2 Å². The minimum Gasteiger partial charge on any atom is -0.497 e. The van der Waals surface area contributed by atoms with Crippen LogP contribution in [0.15, 0.2) is 24.3 Å². The van der Waals surface area contributed by atoms with Gasteiger partial charge in [0.1, 0.15) is 5.75 Å². The van der Waals surface area contributed by atoms with Gasteiger partial charge in [0.05, 0.1) is 20.3 Å². The molecule has 0 aromatic heterocycles. The number of morpholine rings is 1. The van der Waals surface area contributed by atoms with Crippen LogP contribution in [0, 0.1) is 11.8 Å². The first-order valence-electron chi connectivity index (χ1n) is 11.7. The molecule has 1 aliphatic carbocycles. The molecular weight excluding hydrogens is 394 g/mol. The number of carbonyl (C=O) groups is 2. The maximum atomic E-state index is 13.0. The van der Waals surface area contributed by atoms with E-state index in [0.29, 0.717) is 51.7 Å². The highest BCUT2D eigenvalue weighted by molar-refractivity contribution is 5.85. The Morgan fingerprint density at radius 1 is 1.10 bits per heavy atom. The van der Waals surface area contributed by atoms with Crippen LogP contribution in [0.1, 0.15) is 44.9 Å². The third-order valence-electron chi connectivity index (χ3n) is 6.34. The fourth-order valence-corrected chi connectivity index (χ4v) is 4.51. The largest absolute Gasteiger partial charge is 0.497 e. The van der Waals surface area contributed by atoms with Gasteiger partial charge in [-0.15, -0.1) is 0 Å². The van der Waals surface area contributed by atoms with Crippen LogP contribution in [-0.2, 0) is 14.3 Å². The highest BCUT2D eigenvalue weighted by atomic mass is 16.5. The van der Waals surface area contributed by atoms with Gasteiger partial charge in [0, 0.05) is 44.2 Å². The van der Waals surface area contributed by atoms with Gasteiger partial charge in [0.25, 0.3) is 0 Å². The van der Waals surface area contributed by atoms with Gasteiger partial charge in [0.15, 0.2) is 0 Å². The predicted molar refractivity (Wildman–Crippen MR) is 121 cm³/mol. The van der Waals surface area contributed by atoms with E-state index in [1.165, 1.54) is 32.1 Å². The maximum Gasteiger partial charge on any atom is 0.223 e. The summed E-state index contributed by atoms with van der Waals surface area (Å²) in [6.07, 6.45) is 7.23. The predicted octanol–water partition coefficient (Wildman–Crippen LogP) is 3.06. The number of methoxy groups -OCH3 is 1. The molecule has 1 atom stereocenters. The fourth-order valence-electron chi connectivity index (χ4n) is 4.51. The average molecular weight is 432 g/mol. The van der Waals surface area contributed by atoms with E-state index < -0.39 is 0 Å². The monoisotopic (exact) mass is 431 g/mol. The highest BCUT2D eigenvalue weighted by Crippen LogP contribution is 2.30. The van der Waals surface area contributed by atoms with E-state index in [1.54, 1.807) is 7.11 Å². The minimum atomic E-state index is -0.251. The molecule has 2 aliphatic rings. The van der Waals surface area contributed by atoms with Gasteiger partial charge in [-0.3, -0.25) is 9.59 Å². The van der Waals surface area contributed by atoms with Crippen LogP contribution in [-0.4, -0.2) is 63.2 Å². The summed E-state index contributed by atoms with van der Waals surface area (Å²) in [7, 11) is 1.64. The van der Waals surface area contributed by atoms with Crippen molar-refractivity contribution >= 4 is 17.5 Å². The zero-order valence-electron chi connectivity index (χ0n) is 18.7. The smallest absolute Gasteiger partial charge is 0.223 e. The van der Waals surface area contributed by atoms with E-state index in [9.17, 15) is 9.59 Å². The van der Waals surface area contributed by atoms with Crippen molar-refractivity contribution in [1.29, 1.82) is 0 Å². The van der Waals surface area contributed by atoms with Crippen molar-refractivity contribution in [3.8, 4) is 5.75 Å². The van der Waals surface area contributed by atoms with Crippen molar-refractivity contribution < 1.29 is 19.1 Å². The first kappa shape index (κ1) is 23.4. The molecule has 1 aromatic carbocycles. The minimum absolute atomic E-state index is 0.00344. The quantitative estimate of drug-likeness (QED) is 0.557. The first-order chi connectivity index (χ1) is 15.2. The van der Waals surface area contributed by atoms with E-state index in [2.05, 4.69) is 10.6 Å². The Balaban J connectivity index is 1.48. The van der Waals surface area contributed by atoms with E-state index in [0.717, 1.165) is 17.9 Å². The second-order valence-corrected chi connectivity index (χ2v) is 8.58. The fraction of sp³-hybridized carbons (Fsp3) is 0.667. The lowest BCUT2D eigenvalue weighted by Gasteiger charge is -2.30. The van der Waals surface area contributed by atoms with E-state index in [-0.39, 0.29) is 17.7 Å². The van der Waals surface area contributed by atoms with Crippen LogP contribution in [0.25, 0.3) is 0 Å². The lowest BCUT2D eigenvalue weighted by molar-refractivity contribution is -0.139. The number of rotatable bonds is 10. The molecule has 1 aromatic rings. The summed E-state index contributed by atoms with van der Waals surface area (Å²) in [5, 5.41) is 6.36. The molecule has 1 saturated carbocycles. The standard InChI is InChI=1S/C24H37N3O4/c1-30-22-9-7-21(8-10-22)25-11-12-26-24(29)20(17-19-5-3-2-4-6-19)18-23(28)27-13-15-31-16-14-27/h7-10,19-20,25H,2-6,11-18H2,1H3,(H,26,29)/t20-/m1/s1. The van der Waals surface area contributed by atoms with Crippen molar-refractivity contribution in [2.45, 2.75) is 44.9 Å². The molecule has 2 fully saturated rings. The number of nitrogens with one attached hydrogen (secondary N) is 2. The molecule has 1 saturated heterocycles. The van der Waals surface area contributed by atoms with Crippen LogP contribution in [0.3, 0.4) is 0 Å². The van der Waals surface area contributed by atoms with Crippen molar-refractivity contribution in [3.63, 3.8) is 0 Å². The molecule has 7 heteroatoms. The van der Waals surface area contributed by atoms with Gasteiger partial charge in [-0.2, -0.15) is 0 Å². The summed E-state index contributed by atoms with van der Waals surface area (Å²) >= 11 is 0. The molecule has 31 heavy (non-hydrogen) atoms. The third-order valence-corrected chi connectivity index (χ3v) is 6.34. The van der Waals surface area contributed by atoms with Gasteiger partial charge in [-0.25, -0.2) is 0 Å². The molecule has 1 aliphatic heterocycles. The number of ether oxygens (including phenoxy) is 2. The Bertz CT molecular complexity index is 683. The zero-order valence-corrected chi connectivity index (χ0v) is 18.7. The summed E-state index contributed by atoms with van der Waals surface area (Å²) in [5.74, 6) is 1.20. The summed E-state index contributed by atoms with van der Waals surface area (Å²) in [6.45, 7) is 3.58. The van der Waals surface area contributed by atoms with Gasteiger partial charge in [0.2, 0.25) is 11.8 Å². The molecular formula is C24H37N3O4. The van der Waals surface area contributed by atoms with Crippen LogP contribution in [0.5, 0.6) is 5.75 Å². The highest BCUT2D eigenvalue weighted by Gasteiger charge is 2.28. The molecule has 1 heterocycles. The number of nitrogens with zero attached hydrogens (tertiary/aromatic N) is 1. The number of hydrogen-bond donors (Lipinski definition) is 2. The second kappa shape index (κ2) is 12.5. The zero-order chi connectivity index (χ0) is 21.9. The number of carbonyl (C=O) groups excluding carboxylic acids is 2. The van der Waals surface area contributed by atoms with E-state index >= 15 is 0 Å². The van der Waals surface area contributed by atoms with Crippen molar-refractivity contribution in [3.05, 3.63) is 24.3 Å². The van der Waals surface area contributed by atoms with Crippen LogP contribution >= 0.6 is 0 Å². The first-order valence-corrected chi connectivity index (χ1v) is 11.7. The second-order valence-electron chi connectivity index (χ2n) is 8.58. The Morgan fingerprint density at radius 3 is 2.48 bits per heavy atom. The van der Waals surface area contributed by atoms with Gasteiger partial charge in [-0.05, 0) is 36.6 Å². The summed E-state index contributed by atoms with van der Waals surface area (Å²) in [4.78, 5) is 27.6. The number of benzene rings is 1. The molecule has 172 valence electrons. The van der Waals surface area contributed by atoms with Crippen LogP contribution < -0.4 is 15.4 Å². The van der Waals surface area contributed by atoms with Crippen molar-refractivity contribution in [2.24, 2.45) is 11.8 Å². The number of anilines is 1. The molecule has 0 unspecified atom stereocenters. The van der Waals surface area contributed by atoms with Crippen LogP contribution in [0.4, 0.5) is 5.69 Å². The maximum absolute atomic E-state index is 13.0. The molecule has 7 nitrogen and oxygen atoms in total. The Hall–Kier alpha value is -2.28. The average Bonchev–Trinajstić information content (AvgIpc) is 2.83. The van der Waals surface area contributed by atoms with Crippen LogP contribution in [0.2, 0.25) is 0 Å². The van der Waals surface area contributed by atoms with E-state index in [4.69, 9.17) is 9.47 Å². The van der Waals surface area contributed by atoms with E-state index in [1.807, 2.05) is 29.2 Å². The number of amides is 2. The SMILES string of the molecule is COc1ccc(NCCNC(=O)[C@@H](CC(=O)N2CCOCC2)CC2CCCCC2)cc1. The molecule has 0 spiro atoms. The summed E-state index contributed by atoms with van der Waals surface area (Å²) in [5.41, 5.74) is 0.983. The van der Waals surface area contributed by atoms with Gasteiger partial charge in [-0.1, -0.05) is 32.1 Å². The van der Waals surface area contributed by atoms with Gasteiger partial charge < -0.3 is 25.0 Å². The molecule has 2 N–H and O–H groups in total. The molecule has 3 rings (SSSR count). The Morgan fingerprint density at radius 2 is 1.81 bits per heavy atom. The summed E-state index contributed by atoms with van der Waals surface area (Å²) < 4.78 is 10.5. The number of hydrogen-bond acceptors (Lipinski definition) is 5. The Kier molecular flexibility index (Phi) is 9.46. The topological polar surface area (TPSA) is 79.9 Å². The lowest BCUT2D eigenvalue weighted by Crippen LogP contribution is -2.43. The lowest BCUT2D eigenvalue weighted by atomic mass is 9.81. The molecule has 0 bridgehead atoms. The van der Waals surface area contributed by atoms with Gasteiger partial charge >= 0.3 is 0 Å². The van der Waals surface area contributed by atoms with Crippen molar-refractivity contribution in [2.75, 3.05) is 51.8 Å². The molecule has 0 radical (unpaired) electrons. The Labute approximate surface area is 185 Å².